The molecule has 0 spiro atoms. The number of rotatable bonds is 5. The van der Waals surface area contributed by atoms with E-state index in [0.29, 0.717) is 0 Å². The van der Waals surface area contributed by atoms with Crippen LogP contribution in [0, 0.1) is 0 Å². The third-order valence-electron chi connectivity index (χ3n) is 2.68. The normalized spacial score (nSPS) is 11.9. The average molecular weight is 264 g/mol. The highest BCUT2D eigenvalue weighted by Crippen LogP contribution is 2.31. The van der Waals surface area contributed by atoms with Crippen LogP contribution in [0.15, 0.2) is 29.1 Å². The van der Waals surface area contributed by atoms with E-state index in [-0.39, 0.29) is 6.04 Å². The molecular formula is C13H16N2O2S. The molecule has 96 valence electrons. The molecule has 2 aromatic rings. The molecule has 0 aliphatic rings. The quantitative estimate of drug-likeness (QED) is 0.899. The first-order valence-electron chi connectivity index (χ1n) is 5.61. The van der Waals surface area contributed by atoms with Crippen LogP contribution < -0.4 is 14.8 Å². The summed E-state index contributed by atoms with van der Waals surface area (Å²) < 4.78 is 10.5. The first-order valence-corrected chi connectivity index (χ1v) is 6.55. The second kappa shape index (κ2) is 5.73. The van der Waals surface area contributed by atoms with Crippen molar-refractivity contribution in [2.75, 3.05) is 19.5 Å². The van der Waals surface area contributed by atoms with Gasteiger partial charge in [0.1, 0.15) is 11.5 Å². The molecule has 0 amide bonds. The highest BCUT2D eigenvalue weighted by molar-refractivity contribution is 7.07. The number of aromatic nitrogens is 1. The van der Waals surface area contributed by atoms with E-state index in [4.69, 9.17) is 9.47 Å². The minimum absolute atomic E-state index is 0.138. The first kappa shape index (κ1) is 12.7. The van der Waals surface area contributed by atoms with Gasteiger partial charge in [-0.25, -0.2) is 4.98 Å². The van der Waals surface area contributed by atoms with Crippen molar-refractivity contribution in [1.29, 1.82) is 0 Å². The number of anilines is 1. The Morgan fingerprint density at radius 3 is 2.72 bits per heavy atom. The monoisotopic (exact) mass is 264 g/mol. The second-order valence-electron chi connectivity index (χ2n) is 3.85. The summed E-state index contributed by atoms with van der Waals surface area (Å²) in [5.41, 5.74) is 3.79. The predicted molar refractivity (Wildman–Crippen MR) is 73.7 cm³/mol. The molecule has 1 atom stereocenters. The Morgan fingerprint density at radius 2 is 2.11 bits per heavy atom. The largest absolute Gasteiger partial charge is 0.497 e. The zero-order valence-electron chi connectivity index (χ0n) is 10.6. The highest BCUT2D eigenvalue weighted by atomic mass is 32.1. The standard InChI is InChI=1S/C13H16N2O2S/c1-9(12-7-18-8-14-12)15-11-5-4-10(16-2)6-13(11)17-3/h4-9,15H,1-3H3. The lowest BCUT2D eigenvalue weighted by molar-refractivity contribution is 0.395. The summed E-state index contributed by atoms with van der Waals surface area (Å²) in [6.07, 6.45) is 0. The number of hydrogen-bond acceptors (Lipinski definition) is 5. The van der Waals surface area contributed by atoms with Crippen LogP contribution in [0.4, 0.5) is 5.69 Å². The number of hydrogen-bond donors (Lipinski definition) is 1. The van der Waals surface area contributed by atoms with Gasteiger partial charge in [0.25, 0.3) is 0 Å². The number of ether oxygens (including phenoxy) is 2. The van der Waals surface area contributed by atoms with Crippen molar-refractivity contribution in [2.24, 2.45) is 0 Å². The van der Waals surface area contributed by atoms with E-state index in [1.165, 1.54) is 0 Å². The molecule has 0 saturated heterocycles. The van der Waals surface area contributed by atoms with Crippen LogP contribution in [-0.2, 0) is 0 Å². The van der Waals surface area contributed by atoms with Gasteiger partial charge in [0.05, 0.1) is 37.2 Å². The lowest BCUT2D eigenvalue weighted by Gasteiger charge is -2.16. The molecule has 1 aromatic heterocycles. The molecule has 1 heterocycles. The Hall–Kier alpha value is -1.75. The van der Waals surface area contributed by atoms with Gasteiger partial charge in [-0.3, -0.25) is 0 Å². The van der Waals surface area contributed by atoms with Gasteiger partial charge < -0.3 is 14.8 Å². The van der Waals surface area contributed by atoms with E-state index >= 15 is 0 Å². The molecule has 1 N–H and O–H groups in total. The number of thiazole rings is 1. The van der Waals surface area contributed by atoms with Crippen molar-refractivity contribution < 1.29 is 9.47 Å². The lowest BCUT2D eigenvalue weighted by Crippen LogP contribution is -2.08. The third kappa shape index (κ3) is 2.73. The summed E-state index contributed by atoms with van der Waals surface area (Å²) in [6.45, 7) is 2.07. The van der Waals surface area contributed by atoms with Gasteiger partial charge in [0, 0.05) is 11.4 Å². The molecule has 0 saturated carbocycles. The van der Waals surface area contributed by atoms with Crippen molar-refractivity contribution in [3.8, 4) is 11.5 Å². The first-order chi connectivity index (χ1) is 8.74. The molecule has 0 aliphatic heterocycles. The van der Waals surface area contributed by atoms with Crippen LogP contribution in [0.5, 0.6) is 11.5 Å². The molecular weight excluding hydrogens is 248 g/mol. The van der Waals surface area contributed by atoms with Gasteiger partial charge in [0.2, 0.25) is 0 Å². The van der Waals surface area contributed by atoms with Crippen molar-refractivity contribution in [3.05, 3.63) is 34.8 Å². The van der Waals surface area contributed by atoms with E-state index < -0.39 is 0 Å². The fourth-order valence-corrected chi connectivity index (χ4v) is 2.31. The highest BCUT2D eigenvalue weighted by Gasteiger charge is 2.11. The molecule has 4 nitrogen and oxygen atoms in total. The summed E-state index contributed by atoms with van der Waals surface area (Å²) >= 11 is 1.59. The van der Waals surface area contributed by atoms with E-state index in [2.05, 4.69) is 17.2 Å². The summed E-state index contributed by atoms with van der Waals surface area (Å²) in [4.78, 5) is 4.29. The second-order valence-corrected chi connectivity index (χ2v) is 4.56. The van der Waals surface area contributed by atoms with Crippen LogP contribution in [0.2, 0.25) is 0 Å². The topological polar surface area (TPSA) is 43.4 Å². The molecule has 2 rings (SSSR count). The van der Waals surface area contributed by atoms with Crippen LogP contribution in [0.3, 0.4) is 0 Å². The van der Waals surface area contributed by atoms with Crippen molar-refractivity contribution >= 4 is 17.0 Å². The summed E-state index contributed by atoms with van der Waals surface area (Å²) in [5, 5.41) is 5.41. The average Bonchev–Trinajstić information content (AvgIpc) is 2.93. The van der Waals surface area contributed by atoms with Gasteiger partial charge in [-0.1, -0.05) is 0 Å². The Balaban J connectivity index is 2.18. The van der Waals surface area contributed by atoms with Crippen LogP contribution in [0.1, 0.15) is 18.7 Å². The Bertz CT molecular complexity index is 500. The van der Waals surface area contributed by atoms with Crippen LogP contribution in [-0.4, -0.2) is 19.2 Å². The van der Waals surface area contributed by atoms with Crippen LogP contribution >= 0.6 is 11.3 Å². The predicted octanol–water partition coefficient (Wildman–Crippen LogP) is 3.33. The van der Waals surface area contributed by atoms with Gasteiger partial charge >= 0.3 is 0 Å². The fraction of sp³-hybridized carbons (Fsp3) is 0.308. The van der Waals surface area contributed by atoms with E-state index in [9.17, 15) is 0 Å². The molecule has 0 radical (unpaired) electrons. The van der Waals surface area contributed by atoms with E-state index in [0.717, 1.165) is 22.9 Å². The number of nitrogens with one attached hydrogen (secondary N) is 1. The van der Waals surface area contributed by atoms with Crippen LogP contribution in [0.25, 0.3) is 0 Å². The molecule has 1 unspecified atom stereocenters. The van der Waals surface area contributed by atoms with Crippen molar-refractivity contribution in [1.82, 2.24) is 4.98 Å². The minimum Gasteiger partial charge on any atom is -0.497 e. The zero-order valence-corrected chi connectivity index (χ0v) is 11.5. The SMILES string of the molecule is COc1ccc(NC(C)c2cscn2)c(OC)c1. The summed E-state index contributed by atoms with van der Waals surface area (Å²) in [7, 11) is 3.28. The molecule has 0 aliphatic carbocycles. The van der Waals surface area contributed by atoms with E-state index in [1.807, 2.05) is 29.1 Å². The Labute approximate surface area is 111 Å². The minimum atomic E-state index is 0.138. The maximum absolute atomic E-state index is 5.35. The molecule has 0 fully saturated rings. The molecule has 5 heteroatoms. The number of methoxy groups -OCH3 is 2. The molecule has 0 bridgehead atoms. The maximum atomic E-state index is 5.35. The Kier molecular flexibility index (Phi) is 4.04. The van der Waals surface area contributed by atoms with Crippen molar-refractivity contribution in [3.63, 3.8) is 0 Å². The summed E-state index contributed by atoms with van der Waals surface area (Å²) in [6, 6.07) is 5.84. The third-order valence-corrected chi connectivity index (χ3v) is 3.28. The van der Waals surface area contributed by atoms with E-state index in [1.54, 1.807) is 25.6 Å². The smallest absolute Gasteiger partial charge is 0.145 e. The fourth-order valence-electron chi connectivity index (χ4n) is 1.66. The Morgan fingerprint density at radius 1 is 1.28 bits per heavy atom. The number of nitrogens with zero attached hydrogens (tertiary/aromatic N) is 1. The maximum Gasteiger partial charge on any atom is 0.145 e. The number of benzene rings is 1. The van der Waals surface area contributed by atoms with Gasteiger partial charge in [-0.15, -0.1) is 11.3 Å². The zero-order chi connectivity index (χ0) is 13.0. The molecule has 18 heavy (non-hydrogen) atoms. The summed E-state index contributed by atoms with van der Waals surface area (Å²) in [5.74, 6) is 1.54. The van der Waals surface area contributed by atoms with Gasteiger partial charge in [0.15, 0.2) is 0 Å². The molecule has 1 aromatic carbocycles. The van der Waals surface area contributed by atoms with Gasteiger partial charge in [-0.05, 0) is 19.1 Å². The van der Waals surface area contributed by atoms with Gasteiger partial charge in [-0.2, -0.15) is 0 Å². The lowest BCUT2D eigenvalue weighted by atomic mass is 10.2. The van der Waals surface area contributed by atoms with Crippen molar-refractivity contribution in [2.45, 2.75) is 13.0 Å².